The Morgan fingerprint density at radius 3 is 2.95 bits per heavy atom. The van der Waals surface area contributed by atoms with Gasteiger partial charge in [0.05, 0.1) is 13.2 Å². The van der Waals surface area contributed by atoms with Crippen LogP contribution in [0, 0.1) is 0 Å². The van der Waals surface area contributed by atoms with Crippen LogP contribution in [0.4, 0.5) is 4.79 Å². The molecule has 2 amide bonds. The fourth-order valence-corrected chi connectivity index (χ4v) is 1.49. The van der Waals surface area contributed by atoms with Crippen molar-refractivity contribution < 1.29 is 14.6 Å². The van der Waals surface area contributed by atoms with E-state index in [1.165, 1.54) is 0 Å². The lowest BCUT2D eigenvalue weighted by Crippen LogP contribution is -2.36. The van der Waals surface area contributed by atoms with Gasteiger partial charge >= 0.3 is 6.03 Å². The molecular weight excluding hydrogens is 244 g/mol. The molecule has 0 fully saturated rings. The Morgan fingerprint density at radius 2 is 2.21 bits per heavy atom. The third-order valence-electron chi connectivity index (χ3n) is 2.52. The summed E-state index contributed by atoms with van der Waals surface area (Å²) in [4.78, 5) is 11.3. The van der Waals surface area contributed by atoms with Crippen molar-refractivity contribution in [2.45, 2.75) is 26.3 Å². The first-order valence-electron chi connectivity index (χ1n) is 6.60. The van der Waals surface area contributed by atoms with E-state index in [4.69, 9.17) is 9.84 Å². The Morgan fingerprint density at radius 1 is 1.37 bits per heavy atom. The van der Waals surface area contributed by atoms with Gasteiger partial charge in [-0.25, -0.2) is 4.79 Å². The molecule has 0 radical (unpaired) electrons. The monoisotopic (exact) mass is 266 g/mol. The summed E-state index contributed by atoms with van der Waals surface area (Å²) in [5.74, 6) is 0.823. The van der Waals surface area contributed by atoms with Gasteiger partial charge in [-0.05, 0) is 24.1 Å². The maximum Gasteiger partial charge on any atom is 0.315 e. The summed E-state index contributed by atoms with van der Waals surface area (Å²) < 4.78 is 5.60. The molecule has 0 saturated heterocycles. The maximum absolute atomic E-state index is 11.3. The highest BCUT2D eigenvalue weighted by atomic mass is 16.5. The molecule has 1 aromatic carbocycles. The van der Waals surface area contributed by atoms with E-state index >= 15 is 0 Å². The number of hydrogen-bond acceptors (Lipinski definition) is 3. The highest BCUT2D eigenvalue weighted by molar-refractivity contribution is 5.73. The van der Waals surface area contributed by atoms with E-state index in [0.29, 0.717) is 13.2 Å². The number of aliphatic hydroxyl groups excluding tert-OH is 1. The summed E-state index contributed by atoms with van der Waals surface area (Å²) in [7, 11) is 0. The van der Waals surface area contributed by atoms with E-state index in [1.807, 2.05) is 24.3 Å². The molecule has 0 heterocycles. The molecular formula is C14H22N2O3. The first-order valence-corrected chi connectivity index (χ1v) is 6.60. The smallest absolute Gasteiger partial charge is 0.315 e. The first kappa shape index (κ1) is 15.3. The van der Waals surface area contributed by atoms with Gasteiger partial charge in [0.1, 0.15) is 5.75 Å². The number of hydrogen-bond donors (Lipinski definition) is 3. The van der Waals surface area contributed by atoms with E-state index in [-0.39, 0.29) is 19.2 Å². The number of nitrogens with one attached hydrogen (secondary N) is 2. The normalized spacial score (nSPS) is 10.0. The van der Waals surface area contributed by atoms with Crippen LogP contribution in [-0.2, 0) is 6.54 Å². The minimum Gasteiger partial charge on any atom is -0.494 e. The Bertz CT molecular complexity index is 383. The quantitative estimate of drug-likeness (QED) is 0.627. The van der Waals surface area contributed by atoms with E-state index in [9.17, 15) is 4.79 Å². The number of carbonyl (C=O) groups is 1. The van der Waals surface area contributed by atoms with E-state index in [0.717, 1.165) is 24.2 Å². The molecule has 0 aromatic heterocycles. The lowest BCUT2D eigenvalue weighted by atomic mass is 10.2. The van der Waals surface area contributed by atoms with Crippen LogP contribution in [0.2, 0.25) is 0 Å². The van der Waals surface area contributed by atoms with Gasteiger partial charge in [-0.15, -0.1) is 0 Å². The van der Waals surface area contributed by atoms with Crippen molar-refractivity contribution in [3.63, 3.8) is 0 Å². The van der Waals surface area contributed by atoms with E-state index in [1.54, 1.807) is 0 Å². The molecule has 0 aliphatic carbocycles. The largest absolute Gasteiger partial charge is 0.494 e. The molecule has 3 N–H and O–H groups in total. The van der Waals surface area contributed by atoms with Crippen molar-refractivity contribution in [3.05, 3.63) is 29.8 Å². The Kier molecular flexibility index (Phi) is 7.43. The molecule has 0 atom stereocenters. The van der Waals surface area contributed by atoms with Crippen LogP contribution in [0.5, 0.6) is 5.75 Å². The van der Waals surface area contributed by atoms with Crippen molar-refractivity contribution in [2.75, 3.05) is 19.8 Å². The topological polar surface area (TPSA) is 70.6 Å². The van der Waals surface area contributed by atoms with Crippen molar-refractivity contribution >= 4 is 6.03 Å². The van der Waals surface area contributed by atoms with Crippen LogP contribution in [-0.4, -0.2) is 30.9 Å². The van der Waals surface area contributed by atoms with Crippen LogP contribution in [0.1, 0.15) is 25.3 Å². The number of carbonyl (C=O) groups excluding carboxylic acids is 1. The molecule has 5 nitrogen and oxygen atoms in total. The molecule has 0 bridgehead atoms. The molecule has 0 unspecified atom stereocenters. The van der Waals surface area contributed by atoms with Gasteiger partial charge in [0, 0.05) is 13.1 Å². The lowest BCUT2D eigenvalue weighted by Gasteiger charge is -2.09. The zero-order valence-electron chi connectivity index (χ0n) is 11.3. The zero-order valence-corrected chi connectivity index (χ0v) is 11.3. The molecule has 1 aromatic rings. The summed E-state index contributed by atoms with van der Waals surface area (Å²) in [5.41, 5.74) is 0.980. The van der Waals surface area contributed by atoms with E-state index < -0.39 is 0 Å². The van der Waals surface area contributed by atoms with Gasteiger partial charge in [-0.3, -0.25) is 0 Å². The molecule has 0 saturated carbocycles. The third-order valence-corrected chi connectivity index (χ3v) is 2.52. The average molecular weight is 266 g/mol. The van der Waals surface area contributed by atoms with Crippen molar-refractivity contribution in [3.8, 4) is 5.75 Å². The van der Waals surface area contributed by atoms with Gasteiger partial charge in [0.2, 0.25) is 0 Å². The Balaban J connectivity index is 2.37. The average Bonchev–Trinajstić information content (AvgIpc) is 2.44. The summed E-state index contributed by atoms with van der Waals surface area (Å²) >= 11 is 0. The van der Waals surface area contributed by atoms with Crippen molar-refractivity contribution in [1.82, 2.24) is 10.6 Å². The summed E-state index contributed by atoms with van der Waals surface area (Å²) in [6.45, 7) is 3.46. The predicted octanol–water partition coefficient (Wildman–Crippen LogP) is 1.66. The fraction of sp³-hybridized carbons (Fsp3) is 0.500. The Labute approximate surface area is 114 Å². The van der Waals surface area contributed by atoms with Crippen molar-refractivity contribution in [2.24, 2.45) is 0 Å². The van der Waals surface area contributed by atoms with Gasteiger partial charge in [-0.2, -0.15) is 0 Å². The second-order valence-corrected chi connectivity index (χ2v) is 4.18. The van der Waals surface area contributed by atoms with Crippen LogP contribution in [0.15, 0.2) is 24.3 Å². The van der Waals surface area contributed by atoms with Crippen LogP contribution < -0.4 is 15.4 Å². The summed E-state index contributed by atoms with van der Waals surface area (Å²) in [6.07, 6.45) is 2.14. The van der Waals surface area contributed by atoms with Gasteiger partial charge in [-0.1, -0.05) is 25.5 Å². The number of unbranched alkanes of at least 4 members (excludes halogenated alkanes) is 1. The molecule has 0 spiro atoms. The molecule has 1 rings (SSSR count). The minimum absolute atomic E-state index is 0.0613. The van der Waals surface area contributed by atoms with Crippen LogP contribution >= 0.6 is 0 Å². The molecule has 0 aliphatic rings. The number of aliphatic hydroxyl groups is 1. The minimum atomic E-state index is -0.286. The highest BCUT2D eigenvalue weighted by Gasteiger charge is 2.01. The number of rotatable bonds is 8. The third kappa shape index (κ3) is 6.67. The van der Waals surface area contributed by atoms with Gasteiger partial charge < -0.3 is 20.5 Å². The SMILES string of the molecule is CCCCOc1cccc(CNC(=O)NCCO)c1. The molecule has 19 heavy (non-hydrogen) atoms. The summed E-state index contributed by atoms with van der Waals surface area (Å²) in [5, 5.41) is 13.8. The predicted molar refractivity (Wildman–Crippen MR) is 74.2 cm³/mol. The van der Waals surface area contributed by atoms with Gasteiger partial charge in [0.25, 0.3) is 0 Å². The molecule has 5 heteroatoms. The highest BCUT2D eigenvalue weighted by Crippen LogP contribution is 2.13. The van der Waals surface area contributed by atoms with E-state index in [2.05, 4.69) is 17.6 Å². The number of benzene rings is 1. The fourth-order valence-electron chi connectivity index (χ4n) is 1.49. The summed E-state index contributed by atoms with van der Waals surface area (Å²) in [6, 6.07) is 7.38. The zero-order chi connectivity index (χ0) is 13.9. The number of ether oxygens (including phenoxy) is 1. The molecule has 0 aliphatic heterocycles. The lowest BCUT2D eigenvalue weighted by molar-refractivity contribution is 0.234. The second-order valence-electron chi connectivity index (χ2n) is 4.18. The number of urea groups is 1. The Hall–Kier alpha value is -1.75. The van der Waals surface area contributed by atoms with Gasteiger partial charge in [0.15, 0.2) is 0 Å². The second kappa shape index (κ2) is 9.22. The first-order chi connectivity index (χ1) is 9.26. The maximum atomic E-state index is 11.3. The van der Waals surface area contributed by atoms with Crippen molar-refractivity contribution in [1.29, 1.82) is 0 Å². The standard InChI is InChI=1S/C14H22N2O3/c1-2-3-9-19-13-6-4-5-12(10-13)11-16-14(18)15-7-8-17/h4-6,10,17H,2-3,7-9,11H2,1H3,(H2,15,16,18). The molecule has 106 valence electrons. The van der Waals surface area contributed by atoms with Crippen LogP contribution in [0.3, 0.4) is 0 Å². The number of amides is 2. The van der Waals surface area contributed by atoms with Crippen LogP contribution in [0.25, 0.3) is 0 Å².